The van der Waals surface area contributed by atoms with Crippen LogP contribution >= 0.6 is 0 Å². The smallest absolute Gasteiger partial charge is 0.303 e. The molecule has 1 fully saturated rings. The number of hydrogen-bond acceptors (Lipinski definition) is 3. The molecule has 24 heavy (non-hydrogen) atoms. The third kappa shape index (κ3) is 3.32. The minimum Gasteiger partial charge on any atom is -0.481 e. The van der Waals surface area contributed by atoms with Gasteiger partial charge in [-0.25, -0.2) is 0 Å². The number of likely N-dealkylation sites (tertiary alicyclic amines) is 1. The van der Waals surface area contributed by atoms with Crippen LogP contribution in [0, 0.1) is 0 Å². The first-order valence-electron chi connectivity index (χ1n) is 8.21. The molecule has 1 atom stereocenters. The molecule has 0 bridgehead atoms. The summed E-state index contributed by atoms with van der Waals surface area (Å²) in [6.07, 6.45) is 3.19. The SMILES string of the molecule is O=C(O)CCC1CCCCN1C(=O)c1cc(=O)[nH]c2ccccc12. The summed E-state index contributed by atoms with van der Waals surface area (Å²) in [6, 6.07) is 8.48. The Morgan fingerprint density at radius 2 is 2.04 bits per heavy atom. The summed E-state index contributed by atoms with van der Waals surface area (Å²) in [5.74, 6) is -1.04. The van der Waals surface area contributed by atoms with Crippen LogP contribution in [-0.4, -0.2) is 39.5 Å². The molecule has 6 nitrogen and oxygen atoms in total. The molecule has 1 aliphatic heterocycles. The Kier molecular flexibility index (Phi) is 4.64. The molecule has 6 heteroatoms. The average Bonchev–Trinajstić information content (AvgIpc) is 2.58. The summed E-state index contributed by atoms with van der Waals surface area (Å²) in [5, 5.41) is 9.63. The molecule has 3 rings (SSSR count). The predicted octanol–water partition coefficient (Wildman–Crippen LogP) is 2.39. The summed E-state index contributed by atoms with van der Waals surface area (Å²) in [4.78, 5) is 40.3. The number of carbonyl (C=O) groups excluding carboxylic acids is 1. The molecule has 0 aliphatic carbocycles. The second-order valence-electron chi connectivity index (χ2n) is 6.17. The van der Waals surface area contributed by atoms with Gasteiger partial charge >= 0.3 is 5.97 Å². The highest BCUT2D eigenvalue weighted by atomic mass is 16.4. The fourth-order valence-corrected chi connectivity index (χ4v) is 3.39. The number of fused-ring (bicyclic) bond motifs is 1. The summed E-state index contributed by atoms with van der Waals surface area (Å²) in [5.41, 5.74) is 0.708. The van der Waals surface area contributed by atoms with Gasteiger partial charge in [0.15, 0.2) is 0 Å². The first-order chi connectivity index (χ1) is 11.6. The van der Waals surface area contributed by atoms with Crippen LogP contribution < -0.4 is 5.56 Å². The fourth-order valence-electron chi connectivity index (χ4n) is 3.39. The minimum absolute atomic E-state index is 0.0462. The average molecular weight is 328 g/mol. The molecule has 0 spiro atoms. The summed E-state index contributed by atoms with van der Waals surface area (Å²) in [6.45, 7) is 0.601. The van der Waals surface area contributed by atoms with Crippen molar-refractivity contribution in [1.29, 1.82) is 0 Å². The lowest BCUT2D eigenvalue weighted by Gasteiger charge is -2.36. The highest BCUT2D eigenvalue weighted by molar-refractivity contribution is 6.06. The highest BCUT2D eigenvalue weighted by Crippen LogP contribution is 2.25. The van der Waals surface area contributed by atoms with Crippen molar-refractivity contribution in [3.05, 3.63) is 46.2 Å². The topological polar surface area (TPSA) is 90.5 Å². The Morgan fingerprint density at radius 3 is 2.83 bits per heavy atom. The Labute approximate surface area is 139 Å². The Balaban J connectivity index is 1.95. The zero-order chi connectivity index (χ0) is 17.1. The number of hydrogen-bond donors (Lipinski definition) is 2. The largest absolute Gasteiger partial charge is 0.481 e. The van der Waals surface area contributed by atoms with Crippen molar-refractivity contribution >= 4 is 22.8 Å². The van der Waals surface area contributed by atoms with E-state index >= 15 is 0 Å². The van der Waals surface area contributed by atoms with Crippen LogP contribution in [0.5, 0.6) is 0 Å². The van der Waals surface area contributed by atoms with Crippen molar-refractivity contribution in [1.82, 2.24) is 9.88 Å². The summed E-state index contributed by atoms with van der Waals surface area (Å²) in [7, 11) is 0. The van der Waals surface area contributed by atoms with Gasteiger partial charge in [-0.05, 0) is 31.7 Å². The van der Waals surface area contributed by atoms with Gasteiger partial charge in [-0.1, -0.05) is 18.2 Å². The van der Waals surface area contributed by atoms with Crippen LogP contribution in [0.25, 0.3) is 10.9 Å². The van der Waals surface area contributed by atoms with Gasteiger partial charge in [0.2, 0.25) is 5.56 Å². The molecule has 126 valence electrons. The van der Waals surface area contributed by atoms with Gasteiger partial charge in [-0.2, -0.15) is 0 Å². The van der Waals surface area contributed by atoms with Gasteiger partial charge in [0.05, 0.1) is 5.56 Å². The van der Waals surface area contributed by atoms with E-state index in [1.54, 1.807) is 11.0 Å². The molecule has 2 aromatic rings. The summed E-state index contributed by atoms with van der Waals surface area (Å²) < 4.78 is 0. The van der Waals surface area contributed by atoms with Gasteiger partial charge in [0, 0.05) is 36.0 Å². The van der Waals surface area contributed by atoms with E-state index in [0.717, 1.165) is 19.3 Å². The lowest BCUT2D eigenvalue weighted by molar-refractivity contribution is -0.137. The number of amides is 1. The number of H-pyrrole nitrogens is 1. The van der Waals surface area contributed by atoms with Crippen molar-refractivity contribution in [2.24, 2.45) is 0 Å². The fraction of sp³-hybridized carbons (Fsp3) is 0.389. The molecule has 0 saturated carbocycles. The molecule has 2 N–H and O–H groups in total. The van der Waals surface area contributed by atoms with Gasteiger partial charge < -0.3 is 15.0 Å². The number of carboxylic acids is 1. The molecule has 0 radical (unpaired) electrons. The van der Waals surface area contributed by atoms with Gasteiger partial charge in [-0.15, -0.1) is 0 Å². The van der Waals surface area contributed by atoms with Crippen molar-refractivity contribution in [2.45, 2.75) is 38.1 Å². The number of piperidine rings is 1. The number of benzene rings is 1. The van der Waals surface area contributed by atoms with Gasteiger partial charge in [-0.3, -0.25) is 14.4 Å². The molecular formula is C18H20N2O4. The highest BCUT2D eigenvalue weighted by Gasteiger charge is 2.28. The van der Waals surface area contributed by atoms with Crippen molar-refractivity contribution in [3.63, 3.8) is 0 Å². The van der Waals surface area contributed by atoms with E-state index in [1.807, 2.05) is 18.2 Å². The molecule has 1 aromatic heterocycles. The van der Waals surface area contributed by atoms with Crippen LogP contribution in [0.1, 0.15) is 42.5 Å². The number of carboxylic acid groups (broad SMARTS) is 1. The number of aliphatic carboxylic acids is 1. The van der Waals surface area contributed by atoms with E-state index in [0.29, 0.717) is 29.4 Å². The molecule has 1 aliphatic rings. The van der Waals surface area contributed by atoms with E-state index in [4.69, 9.17) is 5.11 Å². The lowest BCUT2D eigenvalue weighted by atomic mass is 9.96. The Bertz CT molecular complexity index is 827. The maximum Gasteiger partial charge on any atom is 0.303 e. The lowest BCUT2D eigenvalue weighted by Crippen LogP contribution is -2.44. The maximum absolute atomic E-state index is 13.0. The van der Waals surface area contributed by atoms with E-state index in [-0.39, 0.29) is 23.9 Å². The van der Waals surface area contributed by atoms with E-state index < -0.39 is 5.97 Å². The van der Waals surface area contributed by atoms with E-state index in [9.17, 15) is 14.4 Å². The number of para-hydroxylation sites is 1. The number of nitrogens with one attached hydrogen (secondary N) is 1. The number of rotatable bonds is 4. The zero-order valence-electron chi connectivity index (χ0n) is 13.3. The Hall–Kier alpha value is -2.63. The van der Waals surface area contributed by atoms with Crippen molar-refractivity contribution < 1.29 is 14.7 Å². The summed E-state index contributed by atoms with van der Waals surface area (Å²) >= 11 is 0. The molecule has 2 heterocycles. The number of nitrogens with zero attached hydrogens (tertiary/aromatic N) is 1. The molecule has 1 unspecified atom stereocenters. The molecule has 1 saturated heterocycles. The van der Waals surface area contributed by atoms with Crippen LogP contribution in [0.15, 0.2) is 35.1 Å². The van der Waals surface area contributed by atoms with Crippen LogP contribution in [0.4, 0.5) is 0 Å². The zero-order valence-corrected chi connectivity index (χ0v) is 13.3. The molecular weight excluding hydrogens is 308 g/mol. The molecule has 1 amide bonds. The number of pyridine rings is 1. The number of aromatic amines is 1. The van der Waals surface area contributed by atoms with Crippen LogP contribution in [0.2, 0.25) is 0 Å². The first-order valence-corrected chi connectivity index (χ1v) is 8.21. The number of aromatic nitrogens is 1. The molecule has 1 aromatic carbocycles. The van der Waals surface area contributed by atoms with E-state index in [2.05, 4.69) is 4.98 Å². The van der Waals surface area contributed by atoms with Gasteiger partial charge in [0.25, 0.3) is 5.91 Å². The quantitative estimate of drug-likeness (QED) is 0.901. The van der Waals surface area contributed by atoms with Gasteiger partial charge in [0.1, 0.15) is 0 Å². The first kappa shape index (κ1) is 16.2. The number of carbonyl (C=O) groups is 2. The normalized spacial score (nSPS) is 17.8. The van der Waals surface area contributed by atoms with Crippen LogP contribution in [-0.2, 0) is 4.79 Å². The minimum atomic E-state index is -0.852. The second-order valence-corrected chi connectivity index (χ2v) is 6.17. The Morgan fingerprint density at radius 1 is 1.25 bits per heavy atom. The monoisotopic (exact) mass is 328 g/mol. The maximum atomic E-state index is 13.0. The third-order valence-electron chi connectivity index (χ3n) is 4.56. The third-order valence-corrected chi connectivity index (χ3v) is 4.56. The van der Waals surface area contributed by atoms with E-state index in [1.165, 1.54) is 6.07 Å². The van der Waals surface area contributed by atoms with Crippen LogP contribution in [0.3, 0.4) is 0 Å². The second kappa shape index (κ2) is 6.86. The van der Waals surface area contributed by atoms with Crippen molar-refractivity contribution in [2.75, 3.05) is 6.54 Å². The van der Waals surface area contributed by atoms with Crippen molar-refractivity contribution in [3.8, 4) is 0 Å². The standard InChI is InChI=1S/C18H20N2O4/c21-16-11-14(13-6-1-2-7-15(13)19-16)18(24)20-10-4-3-5-12(20)8-9-17(22)23/h1-2,6-7,11-12H,3-5,8-10H2,(H,19,21)(H,22,23). The predicted molar refractivity (Wildman–Crippen MR) is 90.1 cm³/mol.